The number of ether oxygens (including phenoxy) is 2. The van der Waals surface area contributed by atoms with E-state index in [1.807, 2.05) is 32.9 Å². The molecule has 1 amide bonds. The molecule has 7 heteroatoms. The first kappa shape index (κ1) is 24.0. The van der Waals surface area contributed by atoms with E-state index < -0.39 is 5.60 Å². The van der Waals surface area contributed by atoms with Crippen LogP contribution in [0.5, 0.6) is 0 Å². The van der Waals surface area contributed by atoms with E-state index >= 15 is 0 Å². The molecule has 1 aromatic carbocycles. The molecular formula is C23H38N4O3. The van der Waals surface area contributed by atoms with Crippen LogP contribution in [0.25, 0.3) is 0 Å². The molecule has 1 aliphatic heterocycles. The third kappa shape index (κ3) is 7.86. The van der Waals surface area contributed by atoms with Crippen LogP contribution in [0.15, 0.2) is 29.3 Å². The minimum Gasteiger partial charge on any atom is -0.444 e. The lowest BCUT2D eigenvalue weighted by atomic mass is 10.1. The van der Waals surface area contributed by atoms with Crippen molar-refractivity contribution in [2.45, 2.75) is 52.8 Å². The Bertz CT molecular complexity index is 697. The first-order valence-corrected chi connectivity index (χ1v) is 10.8. The van der Waals surface area contributed by atoms with Crippen molar-refractivity contribution in [2.75, 3.05) is 40.4 Å². The summed E-state index contributed by atoms with van der Waals surface area (Å²) >= 11 is 0. The van der Waals surface area contributed by atoms with Crippen molar-refractivity contribution < 1.29 is 14.3 Å². The highest BCUT2D eigenvalue weighted by atomic mass is 16.6. The van der Waals surface area contributed by atoms with Gasteiger partial charge in [-0.25, -0.2) is 9.79 Å². The van der Waals surface area contributed by atoms with Crippen LogP contribution < -0.4 is 5.32 Å². The molecule has 168 valence electrons. The number of nitrogens with zero attached hydrogens (tertiary/aromatic N) is 3. The fourth-order valence-corrected chi connectivity index (χ4v) is 3.42. The number of nitrogens with one attached hydrogen (secondary N) is 1. The lowest BCUT2D eigenvalue weighted by Crippen LogP contribution is -2.40. The topological polar surface area (TPSA) is 66.4 Å². The molecule has 1 unspecified atom stereocenters. The van der Waals surface area contributed by atoms with Gasteiger partial charge < -0.3 is 24.6 Å². The summed E-state index contributed by atoms with van der Waals surface area (Å²) in [5.41, 5.74) is 1.71. The Hall–Kier alpha value is -2.28. The summed E-state index contributed by atoms with van der Waals surface area (Å²) in [5, 5.41) is 3.40. The summed E-state index contributed by atoms with van der Waals surface area (Å²) in [7, 11) is 3.51. The van der Waals surface area contributed by atoms with Crippen LogP contribution >= 0.6 is 0 Å². The van der Waals surface area contributed by atoms with Crippen LogP contribution in [0.3, 0.4) is 0 Å². The Labute approximate surface area is 181 Å². The first-order chi connectivity index (χ1) is 14.2. The molecule has 0 bridgehead atoms. The molecule has 0 aromatic heterocycles. The molecule has 1 N–H and O–H groups in total. The van der Waals surface area contributed by atoms with Gasteiger partial charge in [-0.15, -0.1) is 0 Å². The Balaban J connectivity index is 1.92. The number of hydrogen-bond acceptors (Lipinski definition) is 4. The van der Waals surface area contributed by atoms with Crippen molar-refractivity contribution in [2.24, 2.45) is 10.9 Å². The monoisotopic (exact) mass is 418 g/mol. The molecule has 1 atom stereocenters. The lowest BCUT2D eigenvalue weighted by molar-refractivity contribution is 0.0285. The fraction of sp³-hybridized carbons (Fsp3) is 0.652. The van der Waals surface area contributed by atoms with Crippen molar-refractivity contribution in [3.8, 4) is 0 Å². The van der Waals surface area contributed by atoms with Gasteiger partial charge in [-0.05, 0) is 45.2 Å². The molecule has 1 aromatic rings. The quantitative estimate of drug-likeness (QED) is 0.542. The summed E-state index contributed by atoms with van der Waals surface area (Å²) in [4.78, 5) is 20.9. The van der Waals surface area contributed by atoms with Gasteiger partial charge in [-0.2, -0.15) is 0 Å². The minimum absolute atomic E-state index is 0.316. The standard InChI is InChI=1S/C23H38N4O3/c1-7-24-21(27-13-12-20(16-27)17-29-6)25-14-18-8-10-19(11-9-18)15-26(5)22(28)30-23(2,3)4/h8-11,20H,7,12-17H2,1-6H3,(H,24,25). The van der Waals surface area contributed by atoms with Gasteiger partial charge >= 0.3 is 6.09 Å². The third-order valence-corrected chi connectivity index (χ3v) is 4.88. The van der Waals surface area contributed by atoms with E-state index in [1.54, 1.807) is 19.1 Å². The molecular weight excluding hydrogens is 380 g/mol. The first-order valence-electron chi connectivity index (χ1n) is 10.8. The molecule has 1 heterocycles. The smallest absolute Gasteiger partial charge is 0.410 e. The van der Waals surface area contributed by atoms with E-state index in [-0.39, 0.29) is 6.09 Å². The maximum absolute atomic E-state index is 12.1. The second-order valence-electron chi connectivity index (χ2n) is 8.88. The third-order valence-electron chi connectivity index (χ3n) is 4.88. The van der Waals surface area contributed by atoms with E-state index in [2.05, 4.69) is 29.3 Å². The number of carbonyl (C=O) groups is 1. The second kappa shape index (κ2) is 11.2. The summed E-state index contributed by atoms with van der Waals surface area (Å²) in [6.07, 6.45) is 0.821. The highest BCUT2D eigenvalue weighted by Crippen LogP contribution is 2.17. The van der Waals surface area contributed by atoms with E-state index in [9.17, 15) is 4.79 Å². The Kier molecular flexibility index (Phi) is 8.96. The zero-order chi connectivity index (χ0) is 22.1. The van der Waals surface area contributed by atoms with Crippen molar-refractivity contribution in [3.05, 3.63) is 35.4 Å². The number of rotatable bonds is 7. The molecule has 1 aliphatic rings. The number of hydrogen-bond donors (Lipinski definition) is 1. The zero-order valence-corrected chi connectivity index (χ0v) is 19.4. The molecule has 1 fully saturated rings. The maximum Gasteiger partial charge on any atom is 0.410 e. The summed E-state index contributed by atoms with van der Waals surface area (Å²) < 4.78 is 10.7. The van der Waals surface area contributed by atoms with Crippen LogP contribution in [0, 0.1) is 5.92 Å². The number of methoxy groups -OCH3 is 1. The molecule has 2 rings (SSSR count). The fourth-order valence-electron chi connectivity index (χ4n) is 3.42. The number of guanidine groups is 1. The predicted octanol–water partition coefficient (Wildman–Crippen LogP) is 3.49. The average molecular weight is 419 g/mol. The maximum atomic E-state index is 12.1. The molecule has 0 spiro atoms. The van der Waals surface area contributed by atoms with Gasteiger partial charge in [0.2, 0.25) is 0 Å². The molecule has 0 aliphatic carbocycles. The van der Waals surface area contributed by atoms with Gasteiger partial charge in [0.25, 0.3) is 0 Å². The highest BCUT2D eigenvalue weighted by molar-refractivity contribution is 5.80. The largest absolute Gasteiger partial charge is 0.444 e. The van der Waals surface area contributed by atoms with Gasteiger partial charge in [0.1, 0.15) is 5.60 Å². The lowest BCUT2D eigenvalue weighted by Gasteiger charge is -2.24. The summed E-state index contributed by atoms with van der Waals surface area (Å²) in [5.74, 6) is 1.53. The molecule has 1 saturated heterocycles. The Morgan fingerprint density at radius 3 is 2.53 bits per heavy atom. The van der Waals surface area contributed by atoms with Crippen LogP contribution in [-0.2, 0) is 22.6 Å². The van der Waals surface area contributed by atoms with E-state index in [0.717, 1.165) is 49.7 Å². The number of amides is 1. The Morgan fingerprint density at radius 2 is 1.93 bits per heavy atom. The van der Waals surface area contributed by atoms with Crippen molar-refractivity contribution in [1.29, 1.82) is 0 Å². The molecule has 0 saturated carbocycles. The van der Waals surface area contributed by atoms with Gasteiger partial charge in [0, 0.05) is 46.3 Å². The summed E-state index contributed by atoms with van der Waals surface area (Å²) in [6.45, 7) is 12.5. The van der Waals surface area contributed by atoms with Gasteiger partial charge in [-0.1, -0.05) is 24.3 Å². The van der Waals surface area contributed by atoms with E-state index in [4.69, 9.17) is 14.5 Å². The second-order valence-corrected chi connectivity index (χ2v) is 8.88. The minimum atomic E-state index is -0.490. The highest BCUT2D eigenvalue weighted by Gasteiger charge is 2.24. The average Bonchev–Trinajstić information content (AvgIpc) is 3.13. The molecule has 30 heavy (non-hydrogen) atoms. The number of benzene rings is 1. The van der Waals surface area contributed by atoms with Crippen LogP contribution in [0.4, 0.5) is 4.79 Å². The molecule has 0 radical (unpaired) electrons. The number of carbonyl (C=O) groups excluding carboxylic acids is 1. The van der Waals surface area contributed by atoms with Crippen molar-refractivity contribution in [3.63, 3.8) is 0 Å². The predicted molar refractivity (Wildman–Crippen MR) is 121 cm³/mol. The van der Waals surface area contributed by atoms with Crippen LogP contribution in [0.2, 0.25) is 0 Å². The van der Waals surface area contributed by atoms with Crippen LogP contribution in [-0.4, -0.2) is 67.9 Å². The Morgan fingerprint density at radius 1 is 1.27 bits per heavy atom. The van der Waals surface area contributed by atoms with Gasteiger partial charge in [-0.3, -0.25) is 0 Å². The molecule has 7 nitrogen and oxygen atoms in total. The van der Waals surface area contributed by atoms with Crippen molar-refractivity contribution >= 4 is 12.1 Å². The van der Waals surface area contributed by atoms with E-state index in [1.165, 1.54) is 0 Å². The van der Waals surface area contributed by atoms with Gasteiger partial charge in [0.15, 0.2) is 5.96 Å². The van der Waals surface area contributed by atoms with Crippen LogP contribution in [0.1, 0.15) is 45.2 Å². The van der Waals surface area contributed by atoms with Gasteiger partial charge in [0.05, 0.1) is 13.2 Å². The van der Waals surface area contributed by atoms with Crippen molar-refractivity contribution in [1.82, 2.24) is 15.1 Å². The van der Waals surface area contributed by atoms with E-state index in [0.29, 0.717) is 19.0 Å². The number of aliphatic imine (C=N–C) groups is 1. The number of likely N-dealkylation sites (tertiary alicyclic amines) is 1. The SMILES string of the molecule is CCNC(=NCc1ccc(CN(C)C(=O)OC(C)(C)C)cc1)N1CCC(COC)C1. The normalized spacial score (nSPS) is 17.2. The zero-order valence-electron chi connectivity index (χ0n) is 19.4. The summed E-state index contributed by atoms with van der Waals surface area (Å²) in [6, 6.07) is 8.23.